The third kappa shape index (κ3) is 3.28. The molecule has 3 atom stereocenters. The highest BCUT2D eigenvalue weighted by Crippen LogP contribution is 2.50. The van der Waals surface area contributed by atoms with Crippen LogP contribution in [0.3, 0.4) is 0 Å². The normalized spacial score (nSPS) is 23.9. The van der Waals surface area contributed by atoms with Crippen molar-refractivity contribution >= 4 is 17.3 Å². The first kappa shape index (κ1) is 16.5. The highest BCUT2D eigenvalue weighted by atomic mass is 35.5. The lowest BCUT2D eigenvalue weighted by Gasteiger charge is -2.37. The molecule has 1 heterocycles. The smallest absolute Gasteiger partial charge is 0.119 e. The van der Waals surface area contributed by atoms with Crippen molar-refractivity contribution in [2.75, 3.05) is 11.9 Å². The second-order valence-corrected chi connectivity index (χ2v) is 7.92. The average molecular weight is 354 g/mol. The predicted molar refractivity (Wildman–Crippen MR) is 105 cm³/mol. The Kier molecular flexibility index (Phi) is 4.47. The molecule has 0 bridgehead atoms. The van der Waals surface area contributed by atoms with Gasteiger partial charge in [-0.05, 0) is 59.7 Å². The highest BCUT2D eigenvalue weighted by Gasteiger charge is 2.37. The van der Waals surface area contributed by atoms with Crippen LogP contribution in [0.1, 0.15) is 43.4 Å². The summed E-state index contributed by atoms with van der Waals surface area (Å²) in [5, 5.41) is 4.55. The standard InChI is InChI=1S/C22H24ClNO/c1-14(2)13-25-17-9-6-15(7-10-17)22-19-5-3-4-18(19)20-12-16(23)8-11-21(20)24-22/h3-4,6-12,14,18-19,22,24H,5,13H2,1-2H3/t18-,19+,22+/m1/s1. The lowest BCUT2D eigenvalue weighted by Crippen LogP contribution is -2.29. The lowest BCUT2D eigenvalue weighted by molar-refractivity contribution is 0.271. The van der Waals surface area contributed by atoms with Crippen molar-refractivity contribution in [1.82, 2.24) is 0 Å². The van der Waals surface area contributed by atoms with Gasteiger partial charge in [-0.15, -0.1) is 0 Å². The molecule has 0 spiro atoms. The van der Waals surface area contributed by atoms with Gasteiger partial charge in [-0.25, -0.2) is 0 Å². The van der Waals surface area contributed by atoms with Gasteiger partial charge in [-0.1, -0.05) is 49.7 Å². The van der Waals surface area contributed by atoms with E-state index in [9.17, 15) is 0 Å². The number of benzene rings is 2. The number of hydrogen-bond donors (Lipinski definition) is 1. The predicted octanol–water partition coefficient (Wildman–Crippen LogP) is 6.20. The van der Waals surface area contributed by atoms with E-state index < -0.39 is 0 Å². The van der Waals surface area contributed by atoms with Crippen LogP contribution < -0.4 is 10.1 Å². The average Bonchev–Trinajstić information content (AvgIpc) is 3.10. The summed E-state index contributed by atoms with van der Waals surface area (Å²) in [5.74, 6) is 2.46. The van der Waals surface area contributed by atoms with Crippen molar-refractivity contribution in [3.05, 3.63) is 70.8 Å². The first-order chi connectivity index (χ1) is 12.1. The van der Waals surface area contributed by atoms with Gasteiger partial charge >= 0.3 is 0 Å². The second kappa shape index (κ2) is 6.76. The first-order valence-corrected chi connectivity index (χ1v) is 9.45. The molecule has 4 rings (SSSR count). The molecule has 1 aliphatic carbocycles. The van der Waals surface area contributed by atoms with E-state index >= 15 is 0 Å². The van der Waals surface area contributed by atoms with E-state index in [0.717, 1.165) is 23.8 Å². The summed E-state index contributed by atoms with van der Waals surface area (Å²) in [4.78, 5) is 0. The van der Waals surface area contributed by atoms with Crippen molar-refractivity contribution < 1.29 is 4.74 Å². The summed E-state index contributed by atoms with van der Waals surface area (Å²) in [6.07, 6.45) is 5.74. The fraction of sp³-hybridized carbons (Fsp3) is 0.364. The van der Waals surface area contributed by atoms with Gasteiger partial charge in [0.1, 0.15) is 5.75 Å². The van der Waals surface area contributed by atoms with Gasteiger partial charge in [-0.3, -0.25) is 0 Å². The van der Waals surface area contributed by atoms with Gasteiger partial charge in [0.15, 0.2) is 0 Å². The Labute approximate surface area is 154 Å². The molecule has 2 aromatic carbocycles. The summed E-state index contributed by atoms with van der Waals surface area (Å²) >= 11 is 6.22. The fourth-order valence-corrected chi connectivity index (χ4v) is 4.11. The van der Waals surface area contributed by atoms with Crippen LogP contribution in [0.4, 0.5) is 5.69 Å². The number of hydrogen-bond acceptors (Lipinski definition) is 2. The molecule has 130 valence electrons. The van der Waals surface area contributed by atoms with E-state index in [1.54, 1.807) is 0 Å². The van der Waals surface area contributed by atoms with Crippen LogP contribution >= 0.6 is 11.6 Å². The molecular weight excluding hydrogens is 330 g/mol. The molecule has 0 saturated heterocycles. The Morgan fingerprint density at radius 3 is 2.72 bits per heavy atom. The zero-order valence-corrected chi connectivity index (χ0v) is 15.5. The summed E-state index contributed by atoms with van der Waals surface area (Å²) in [5.41, 5.74) is 3.83. The van der Waals surface area contributed by atoms with Gasteiger partial charge in [0.05, 0.1) is 12.6 Å². The van der Waals surface area contributed by atoms with Crippen molar-refractivity contribution in [3.63, 3.8) is 0 Å². The van der Waals surface area contributed by atoms with Crippen LogP contribution in [0, 0.1) is 11.8 Å². The van der Waals surface area contributed by atoms with Gasteiger partial charge < -0.3 is 10.1 Å². The third-order valence-corrected chi connectivity index (χ3v) is 5.38. The van der Waals surface area contributed by atoms with Crippen LogP contribution in [-0.4, -0.2) is 6.61 Å². The van der Waals surface area contributed by atoms with E-state index in [1.807, 2.05) is 6.07 Å². The van der Waals surface area contributed by atoms with Crippen LogP contribution in [0.15, 0.2) is 54.6 Å². The fourth-order valence-electron chi connectivity index (χ4n) is 3.93. The Morgan fingerprint density at radius 2 is 1.96 bits per heavy atom. The third-order valence-electron chi connectivity index (χ3n) is 5.15. The first-order valence-electron chi connectivity index (χ1n) is 9.07. The van der Waals surface area contributed by atoms with Gasteiger partial charge in [0.25, 0.3) is 0 Å². The number of rotatable bonds is 4. The zero-order valence-electron chi connectivity index (χ0n) is 14.7. The summed E-state index contributed by atoms with van der Waals surface area (Å²) < 4.78 is 5.82. The van der Waals surface area contributed by atoms with Gasteiger partial charge in [0, 0.05) is 16.6 Å². The molecule has 0 aromatic heterocycles. The zero-order chi connectivity index (χ0) is 17.4. The Hall–Kier alpha value is -1.93. The van der Waals surface area contributed by atoms with E-state index in [0.29, 0.717) is 23.8 Å². The van der Waals surface area contributed by atoms with Crippen molar-refractivity contribution in [2.24, 2.45) is 11.8 Å². The highest BCUT2D eigenvalue weighted by molar-refractivity contribution is 6.30. The molecule has 0 fully saturated rings. The Balaban J connectivity index is 1.59. The van der Waals surface area contributed by atoms with E-state index in [4.69, 9.17) is 16.3 Å². The maximum Gasteiger partial charge on any atom is 0.119 e. The van der Waals surface area contributed by atoms with Crippen molar-refractivity contribution in [3.8, 4) is 5.75 Å². The minimum Gasteiger partial charge on any atom is -0.493 e. The largest absolute Gasteiger partial charge is 0.493 e. The second-order valence-electron chi connectivity index (χ2n) is 7.48. The molecular formula is C22H24ClNO. The van der Waals surface area contributed by atoms with E-state index in [1.165, 1.54) is 16.8 Å². The Morgan fingerprint density at radius 1 is 1.16 bits per heavy atom. The molecule has 1 N–H and O–H groups in total. The van der Waals surface area contributed by atoms with Crippen LogP contribution in [0.5, 0.6) is 5.75 Å². The van der Waals surface area contributed by atoms with Gasteiger partial charge in [0.2, 0.25) is 0 Å². The van der Waals surface area contributed by atoms with Crippen LogP contribution in [0.2, 0.25) is 5.02 Å². The lowest BCUT2D eigenvalue weighted by atomic mass is 9.77. The summed E-state index contributed by atoms with van der Waals surface area (Å²) in [6.45, 7) is 5.08. The van der Waals surface area contributed by atoms with E-state index in [2.05, 4.69) is 67.7 Å². The van der Waals surface area contributed by atoms with Crippen LogP contribution in [-0.2, 0) is 0 Å². The van der Waals surface area contributed by atoms with E-state index in [-0.39, 0.29) is 0 Å². The summed E-state index contributed by atoms with van der Waals surface area (Å²) in [7, 11) is 0. The molecule has 2 aromatic rings. The summed E-state index contributed by atoms with van der Waals surface area (Å²) in [6, 6.07) is 15.1. The van der Waals surface area contributed by atoms with Crippen molar-refractivity contribution in [1.29, 1.82) is 0 Å². The molecule has 2 aliphatic rings. The molecule has 0 amide bonds. The Bertz CT molecular complexity index is 781. The number of allylic oxidation sites excluding steroid dienone is 2. The topological polar surface area (TPSA) is 21.3 Å². The maximum absolute atomic E-state index is 6.22. The monoisotopic (exact) mass is 353 g/mol. The minimum atomic E-state index is 0.313. The molecule has 0 saturated carbocycles. The number of anilines is 1. The van der Waals surface area contributed by atoms with Crippen molar-refractivity contribution in [2.45, 2.75) is 32.2 Å². The number of halogens is 1. The maximum atomic E-state index is 6.22. The molecule has 0 unspecified atom stereocenters. The molecule has 2 nitrogen and oxygen atoms in total. The number of ether oxygens (including phenoxy) is 1. The van der Waals surface area contributed by atoms with Gasteiger partial charge in [-0.2, -0.15) is 0 Å². The molecule has 0 radical (unpaired) electrons. The minimum absolute atomic E-state index is 0.313. The SMILES string of the molecule is CC(C)COc1ccc([C@@H]2Nc3ccc(Cl)cc3[C@@H]3C=CC[C@@H]32)cc1. The number of fused-ring (bicyclic) bond motifs is 3. The quantitative estimate of drug-likeness (QED) is 0.660. The molecule has 1 aliphatic heterocycles. The van der Waals surface area contributed by atoms with Crippen LogP contribution in [0.25, 0.3) is 0 Å². The number of nitrogens with one attached hydrogen (secondary N) is 1. The molecule has 25 heavy (non-hydrogen) atoms. The molecule has 3 heteroatoms.